The predicted molar refractivity (Wildman–Crippen MR) is 127 cm³/mol. The van der Waals surface area contributed by atoms with Gasteiger partial charge in [-0.2, -0.15) is 0 Å². The van der Waals surface area contributed by atoms with Gasteiger partial charge in [0.15, 0.2) is 0 Å². The second kappa shape index (κ2) is 6.95. The maximum absolute atomic E-state index is 11.9. The van der Waals surface area contributed by atoms with E-state index in [1.165, 1.54) is 57.7 Å². The molecule has 4 aliphatic rings. The summed E-state index contributed by atoms with van der Waals surface area (Å²) >= 11 is 0. The van der Waals surface area contributed by atoms with E-state index in [0.29, 0.717) is 39.4 Å². The van der Waals surface area contributed by atoms with Crippen LogP contribution in [0.5, 0.6) is 0 Å². The highest BCUT2D eigenvalue weighted by molar-refractivity contribution is 5.51. The molecule has 0 amide bonds. The van der Waals surface area contributed by atoms with Crippen molar-refractivity contribution in [1.29, 1.82) is 0 Å². The average molecular weight is 413 g/mol. The molecule has 30 heavy (non-hydrogen) atoms. The molecule has 0 aromatic rings. The van der Waals surface area contributed by atoms with Crippen LogP contribution in [0.15, 0.2) is 11.6 Å². The van der Waals surface area contributed by atoms with E-state index in [-0.39, 0.29) is 5.41 Å². The van der Waals surface area contributed by atoms with Gasteiger partial charge in [0.2, 0.25) is 0 Å². The third-order valence-corrected chi connectivity index (χ3v) is 11.7. The number of carbonyl (C=O) groups is 1. The van der Waals surface area contributed by atoms with Crippen LogP contribution < -0.4 is 0 Å². The third-order valence-electron chi connectivity index (χ3n) is 11.7. The van der Waals surface area contributed by atoms with E-state index in [2.05, 4.69) is 61.5 Å². The molecule has 0 saturated heterocycles. The standard InChI is InChI=1S/C29H48O/c1-20(2)21-11-12-29(8)24(27(21,6)17-18-30)10-9-22-23-19-25(3,4)13-14-26(23,5)15-16-28(22,29)7/h9,18,20-21,23-24H,10-17,19H2,1-8H3. The van der Waals surface area contributed by atoms with Crippen molar-refractivity contribution >= 4 is 6.29 Å². The minimum absolute atomic E-state index is 0.139. The monoisotopic (exact) mass is 412 g/mol. The zero-order chi connectivity index (χ0) is 22.2. The van der Waals surface area contributed by atoms with Crippen LogP contribution in [0.1, 0.15) is 113 Å². The van der Waals surface area contributed by atoms with Gasteiger partial charge in [0, 0.05) is 6.42 Å². The van der Waals surface area contributed by atoms with Crippen LogP contribution in [0.3, 0.4) is 0 Å². The smallest absolute Gasteiger partial charge is 0.120 e. The molecule has 3 fully saturated rings. The summed E-state index contributed by atoms with van der Waals surface area (Å²) in [7, 11) is 0. The highest BCUT2D eigenvalue weighted by Crippen LogP contribution is 2.73. The maximum atomic E-state index is 11.9. The van der Waals surface area contributed by atoms with E-state index in [0.717, 1.165) is 12.3 Å². The average Bonchev–Trinajstić information content (AvgIpc) is 2.64. The molecule has 3 saturated carbocycles. The second-order valence-electron chi connectivity index (χ2n) is 14.0. The first-order valence-electron chi connectivity index (χ1n) is 13.0. The van der Waals surface area contributed by atoms with Crippen LogP contribution in [0.25, 0.3) is 0 Å². The molecule has 170 valence electrons. The Kier molecular flexibility index (Phi) is 5.24. The maximum Gasteiger partial charge on any atom is 0.120 e. The Hall–Kier alpha value is -0.590. The van der Waals surface area contributed by atoms with Crippen LogP contribution in [0, 0.1) is 50.7 Å². The van der Waals surface area contributed by atoms with Gasteiger partial charge in [-0.25, -0.2) is 0 Å². The molecule has 4 aliphatic carbocycles. The van der Waals surface area contributed by atoms with Crippen LogP contribution in [0.4, 0.5) is 0 Å². The molecule has 4 rings (SSSR count). The number of hydrogen-bond acceptors (Lipinski definition) is 1. The number of hydrogen-bond donors (Lipinski definition) is 0. The Morgan fingerprint density at radius 2 is 1.67 bits per heavy atom. The lowest BCUT2D eigenvalue weighted by atomic mass is 9.35. The fourth-order valence-corrected chi connectivity index (χ4v) is 9.48. The van der Waals surface area contributed by atoms with E-state index in [9.17, 15) is 4.79 Å². The molecule has 0 radical (unpaired) electrons. The first kappa shape index (κ1) is 22.6. The summed E-state index contributed by atoms with van der Waals surface area (Å²) in [5, 5.41) is 0. The van der Waals surface area contributed by atoms with Gasteiger partial charge in [0.05, 0.1) is 0 Å². The fourth-order valence-electron chi connectivity index (χ4n) is 9.48. The first-order valence-corrected chi connectivity index (χ1v) is 13.0. The lowest BCUT2D eigenvalue weighted by Crippen LogP contribution is -2.61. The summed E-state index contributed by atoms with van der Waals surface area (Å²) < 4.78 is 0. The van der Waals surface area contributed by atoms with Crippen molar-refractivity contribution in [3.8, 4) is 0 Å². The molecule has 0 N–H and O–H groups in total. The van der Waals surface area contributed by atoms with Crippen molar-refractivity contribution in [2.24, 2.45) is 50.7 Å². The lowest BCUT2D eigenvalue weighted by Gasteiger charge is -2.69. The predicted octanol–water partition coefficient (Wildman–Crippen LogP) is 8.23. The summed E-state index contributed by atoms with van der Waals surface area (Å²) in [6.45, 7) is 20.1. The van der Waals surface area contributed by atoms with Gasteiger partial charge >= 0.3 is 0 Å². The lowest BCUT2D eigenvalue weighted by molar-refractivity contribution is -0.156. The van der Waals surface area contributed by atoms with Crippen LogP contribution >= 0.6 is 0 Å². The van der Waals surface area contributed by atoms with Crippen LogP contribution in [-0.2, 0) is 4.79 Å². The Morgan fingerprint density at radius 3 is 2.30 bits per heavy atom. The fraction of sp³-hybridized carbons (Fsp3) is 0.897. The molecular formula is C29H48O. The van der Waals surface area contributed by atoms with Gasteiger partial charge in [-0.15, -0.1) is 0 Å². The van der Waals surface area contributed by atoms with Crippen LogP contribution in [0.2, 0.25) is 0 Å². The third kappa shape index (κ3) is 2.96. The number of fused-ring (bicyclic) bond motifs is 5. The summed E-state index contributed by atoms with van der Waals surface area (Å²) in [5.41, 5.74) is 3.58. The SMILES string of the molecule is CC(C)C1CCC2(C)C(CC=C3C4CC(C)(C)CCC4(C)CCC32C)C1(C)CC=O. The number of allylic oxidation sites excluding steroid dienone is 2. The Morgan fingerprint density at radius 1 is 1.00 bits per heavy atom. The largest absolute Gasteiger partial charge is 0.303 e. The molecule has 0 spiro atoms. The topological polar surface area (TPSA) is 17.1 Å². The molecule has 7 atom stereocenters. The van der Waals surface area contributed by atoms with E-state index in [1.54, 1.807) is 0 Å². The molecule has 0 bridgehead atoms. The molecule has 0 aromatic carbocycles. The summed E-state index contributed by atoms with van der Waals surface area (Å²) in [6.07, 6.45) is 15.4. The van der Waals surface area contributed by atoms with Gasteiger partial charge in [0.25, 0.3) is 0 Å². The van der Waals surface area contributed by atoms with Gasteiger partial charge in [-0.1, -0.05) is 67.0 Å². The minimum atomic E-state index is 0.139. The van der Waals surface area contributed by atoms with E-state index >= 15 is 0 Å². The zero-order valence-corrected chi connectivity index (χ0v) is 21.2. The molecule has 0 heterocycles. The van der Waals surface area contributed by atoms with Crippen molar-refractivity contribution in [3.05, 3.63) is 11.6 Å². The summed E-state index contributed by atoms with van der Waals surface area (Å²) in [4.78, 5) is 11.9. The van der Waals surface area contributed by atoms with E-state index in [1.807, 2.05) is 5.57 Å². The quantitative estimate of drug-likeness (QED) is 0.337. The van der Waals surface area contributed by atoms with Gasteiger partial charge in [-0.05, 0) is 102 Å². The number of carbonyl (C=O) groups excluding carboxylic acids is 1. The number of aldehydes is 1. The van der Waals surface area contributed by atoms with Crippen molar-refractivity contribution in [1.82, 2.24) is 0 Å². The second-order valence-corrected chi connectivity index (χ2v) is 14.0. The van der Waals surface area contributed by atoms with Crippen molar-refractivity contribution < 1.29 is 4.79 Å². The van der Waals surface area contributed by atoms with Crippen molar-refractivity contribution in [2.45, 2.75) is 113 Å². The van der Waals surface area contributed by atoms with E-state index < -0.39 is 0 Å². The molecule has 0 aliphatic heterocycles. The minimum Gasteiger partial charge on any atom is -0.303 e. The number of rotatable bonds is 3. The zero-order valence-electron chi connectivity index (χ0n) is 21.2. The highest BCUT2D eigenvalue weighted by atomic mass is 16.1. The highest BCUT2D eigenvalue weighted by Gasteiger charge is 2.65. The Labute approximate surface area is 186 Å². The van der Waals surface area contributed by atoms with E-state index in [4.69, 9.17) is 0 Å². The normalized spacial score (nSPS) is 50.2. The van der Waals surface area contributed by atoms with Gasteiger partial charge in [0.1, 0.15) is 6.29 Å². The molecule has 7 unspecified atom stereocenters. The summed E-state index contributed by atoms with van der Waals surface area (Å²) in [5.74, 6) is 2.72. The molecule has 0 aromatic heterocycles. The van der Waals surface area contributed by atoms with Gasteiger partial charge in [-0.3, -0.25) is 0 Å². The first-order chi connectivity index (χ1) is 13.8. The van der Waals surface area contributed by atoms with Crippen LogP contribution in [-0.4, -0.2) is 6.29 Å². The molecule has 1 heteroatoms. The molecule has 1 nitrogen and oxygen atoms in total. The van der Waals surface area contributed by atoms with Crippen molar-refractivity contribution in [2.75, 3.05) is 0 Å². The van der Waals surface area contributed by atoms with Crippen molar-refractivity contribution in [3.63, 3.8) is 0 Å². The molecular weight excluding hydrogens is 364 g/mol. The Balaban J connectivity index is 1.79. The van der Waals surface area contributed by atoms with Gasteiger partial charge < -0.3 is 4.79 Å². The summed E-state index contributed by atoms with van der Waals surface area (Å²) in [6, 6.07) is 0. The Bertz CT molecular complexity index is 731.